The molecule has 1 saturated heterocycles. The van der Waals surface area contributed by atoms with Gasteiger partial charge < -0.3 is 10.1 Å². The molecule has 1 aromatic rings. The highest BCUT2D eigenvalue weighted by molar-refractivity contribution is 6.31. The average Bonchev–Trinajstić information content (AvgIpc) is 2.80. The fourth-order valence-electron chi connectivity index (χ4n) is 1.93. The Morgan fingerprint density at radius 3 is 2.67 bits per heavy atom. The first kappa shape index (κ1) is 15.6. The number of halogens is 4. The number of rotatable bonds is 3. The van der Waals surface area contributed by atoms with Crippen molar-refractivity contribution >= 4 is 23.5 Å². The van der Waals surface area contributed by atoms with Crippen LogP contribution in [-0.2, 0) is 15.7 Å². The Hall–Kier alpha value is -1.76. The van der Waals surface area contributed by atoms with Crippen LogP contribution in [0.4, 0.5) is 13.2 Å². The topological polar surface area (TPSA) is 55.4 Å². The molecular formula is C13H11ClF3NO3. The molecule has 0 spiro atoms. The molecule has 0 radical (unpaired) electrons. The lowest BCUT2D eigenvalue weighted by molar-refractivity contribution is -0.137. The number of amides is 1. The molecule has 0 unspecified atom stereocenters. The van der Waals surface area contributed by atoms with Crippen LogP contribution in [0.15, 0.2) is 18.2 Å². The van der Waals surface area contributed by atoms with Gasteiger partial charge in [0.2, 0.25) is 5.91 Å². The summed E-state index contributed by atoms with van der Waals surface area (Å²) in [5.74, 6) is -1.05. The Labute approximate surface area is 123 Å². The summed E-state index contributed by atoms with van der Waals surface area (Å²) in [5, 5.41) is 2.38. The second-order valence-electron chi connectivity index (χ2n) is 4.63. The SMILES string of the molecule is O=C1CC[C@@H](COC(=O)c2cc(Cl)cc(C(F)(F)F)c2)N1. The van der Waals surface area contributed by atoms with Crippen LogP contribution in [-0.4, -0.2) is 24.5 Å². The van der Waals surface area contributed by atoms with E-state index in [4.69, 9.17) is 16.3 Å². The van der Waals surface area contributed by atoms with Crippen LogP contribution < -0.4 is 5.32 Å². The van der Waals surface area contributed by atoms with Crippen molar-refractivity contribution in [2.45, 2.75) is 25.1 Å². The number of carbonyl (C=O) groups excluding carboxylic acids is 2. The van der Waals surface area contributed by atoms with Gasteiger partial charge in [0.05, 0.1) is 17.2 Å². The molecule has 1 amide bonds. The van der Waals surface area contributed by atoms with Gasteiger partial charge in [-0.1, -0.05) is 11.6 Å². The average molecular weight is 322 g/mol. The van der Waals surface area contributed by atoms with Crippen LogP contribution in [0, 0.1) is 0 Å². The minimum atomic E-state index is -4.60. The summed E-state index contributed by atoms with van der Waals surface area (Å²) in [5.41, 5.74) is -1.30. The Kier molecular flexibility index (Phi) is 4.41. The molecule has 2 rings (SSSR count). The van der Waals surface area contributed by atoms with Crippen LogP contribution in [0.25, 0.3) is 0 Å². The van der Waals surface area contributed by atoms with Gasteiger partial charge in [0, 0.05) is 11.4 Å². The van der Waals surface area contributed by atoms with Gasteiger partial charge in [-0.05, 0) is 24.6 Å². The normalized spacial score (nSPS) is 18.5. The van der Waals surface area contributed by atoms with E-state index in [-0.39, 0.29) is 29.1 Å². The highest BCUT2D eigenvalue weighted by atomic mass is 35.5. The molecule has 0 aliphatic carbocycles. The Balaban J connectivity index is 2.05. The van der Waals surface area contributed by atoms with E-state index in [1.165, 1.54) is 0 Å². The number of hydrogen-bond donors (Lipinski definition) is 1. The van der Waals surface area contributed by atoms with Gasteiger partial charge >= 0.3 is 12.1 Å². The van der Waals surface area contributed by atoms with Gasteiger partial charge in [0.1, 0.15) is 6.61 Å². The summed E-state index contributed by atoms with van der Waals surface area (Å²) in [6.45, 7) is -0.0849. The summed E-state index contributed by atoms with van der Waals surface area (Å²) >= 11 is 5.58. The highest BCUT2D eigenvalue weighted by Crippen LogP contribution is 2.32. The van der Waals surface area contributed by atoms with Crippen molar-refractivity contribution in [3.63, 3.8) is 0 Å². The van der Waals surface area contributed by atoms with Crippen LogP contribution in [0.3, 0.4) is 0 Å². The fourth-order valence-corrected chi connectivity index (χ4v) is 2.17. The van der Waals surface area contributed by atoms with Crippen molar-refractivity contribution in [1.29, 1.82) is 0 Å². The largest absolute Gasteiger partial charge is 0.460 e. The molecule has 21 heavy (non-hydrogen) atoms. The quantitative estimate of drug-likeness (QED) is 0.871. The first-order chi connectivity index (χ1) is 9.75. The van der Waals surface area contributed by atoms with E-state index in [9.17, 15) is 22.8 Å². The molecule has 0 saturated carbocycles. The maximum atomic E-state index is 12.6. The molecule has 1 fully saturated rings. The smallest absolute Gasteiger partial charge is 0.416 e. The van der Waals surface area contributed by atoms with Gasteiger partial charge in [-0.25, -0.2) is 4.79 Å². The Morgan fingerprint density at radius 2 is 2.10 bits per heavy atom. The van der Waals surface area contributed by atoms with Gasteiger partial charge in [0.25, 0.3) is 0 Å². The zero-order valence-electron chi connectivity index (χ0n) is 10.7. The second-order valence-corrected chi connectivity index (χ2v) is 5.06. The van der Waals surface area contributed by atoms with Crippen molar-refractivity contribution in [3.8, 4) is 0 Å². The van der Waals surface area contributed by atoms with Crippen molar-refractivity contribution in [3.05, 3.63) is 34.3 Å². The van der Waals surface area contributed by atoms with Gasteiger partial charge in [-0.2, -0.15) is 13.2 Å². The summed E-state index contributed by atoms with van der Waals surface area (Å²) in [6, 6.07) is 2.21. The van der Waals surface area contributed by atoms with Crippen molar-refractivity contribution in [2.24, 2.45) is 0 Å². The Morgan fingerprint density at radius 1 is 1.38 bits per heavy atom. The number of hydrogen-bond acceptors (Lipinski definition) is 3. The van der Waals surface area contributed by atoms with E-state index in [1.807, 2.05) is 0 Å². The predicted octanol–water partition coefficient (Wildman–Crippen LogP) is 2.79. The Bertz CT molecular complexity index is 574. The highest BCUT2D eigenvalue weighted by Gasteiger charge is 2.32. The number of alkyl halides is 3. The fraction of sp³-hybridized carbons (Fsp3) is 0.385. The van der Waals surface area contributed by atoms with Crippen molar-refractivity contribution in [2.75, 3.05) is 6.61 Å². The molecule has 1 aliphatic rings. The van der Waals surface area contributed by atoms with E-state index in [2.05, 4.69) is 5.32 Å². The molecule has 114 valence electrons. The summed E-state index contributed by atoms with van der Waals surface area (Å²) in [4.78, 5) is 22.7. The minimum absolute atomic E-state index is 0.0849. The maximum absolute atomic E-state index is 12.6. The lowest BCUT2D eigenvalue weighted by atomic mass is 10.1. The third-order valence-corrected chi connectivity index (χ3v) is 3.18. The summed E-state index contributed by atoms with van der Waals surface area (Å²) in [7, 11) is 0. The van der Waals surface area contributed by atoms with Gasteiger partial charge in [-0.15, -0.1) is 0 Å². The van der Waals surface area contributed by atoms with Crippen LogP contribution in [0.1, 0.15) is 28.8 Å². The van der Waals surface area contributed by atoms with Crippen LogP contribution >= 0.6 is 11.6 Å². The van der Waals surface area contributed by atoms with Crippen LogP contribution in [0.2, 0.25) is 5.02 Å². The molecule has 1 N–H and O–H groups in total. The first-order valence-electron chi connectivity index (χ1n) is 6.10. The van der Waals surface area contributed by atoms with E-state index >= 15 is 0 Å². The second kappa shape index (κ2) is 5.93. The van der Waals surface area contributed by atoms with Crippen LogP contribution in [0.5, 0.6) is 0 Å². The summed E-state index contributed by atoms with van der Waals surface area (Å²) in [6.07, 6.45) is -3.73. The molecular weight excluding hydrogens is 311 g/mol. The molecule has 1 heterocycles. The molecule has 1 atom stereocenters. The predicted molar refractivity (Wildman–Crippen MR) is 67.9 cm³/mol. The third kappa shape index (κ3) is 4.10. The number of carbonyl (C=O) groups is 2. The lowest BCUT2D eigenvalue weighted by Gasteiger charge is -2.12. The lowest BCUT2D eigenvalue weighted by Crippen LogP contribution is -2.30. The number of benzene rings is 1. The van der Waals surface area contributed by atoms with Gasteiger partial charge in [0.15, 0.2) is 0 Å². The van der Waals surface area contributed by atoms with Crippen molar-refractivity contribution < 1.29 is 27.5 Å². The van der Waals surface area contributed by atoms with E-state index < -0.39 is 17.7 Å². The minimum Gasteiger partial charge on any atom is -0.460 e. The first-order valence-corrected chi connectivity index (χ1v) is 6.48. The maximum Gasteiger partial charge on any atom is 0.416 e. The van der Waals surface area contributed by atoms with E-state index in [1.54, 1.807) is 0 Å². The number of ether oxygens (including phenoxy) is 1. The van der Waals surface area contributed by atoms with E-state index in [0.29, 0.717) is 18.9 Å². The molecule has 8 heteroatoms. The van der Waals surface area contributed by atoms with Crippen molar-refractivity contribution in [1.82, 2.24) is 5.32 Å². The monoisotopic (exact) mass is 321 g/mol. The number of esters is 1. The van der Waals surface area contributed by atoms with Gasteiger partial charge in [-0.3, -0.25) is 4.79 Å². The molecule has 4 nitrogen and oxygen atoms in total. The molecule has 1 aromatic carbocycles. The molecule has 0 bridgehead atoms. The third-order valence-electron chi connectivity index (χ3n) is 2.96. The zero-order chi connectivity index (χ0) is 15.6. The molecule has 1 aliphatic heterocycles. The number of nitrogens with one attached hydrogen (secondary N) is 1. The standard InChI is InChI=1S/C13H11ClF3NO3/c14-9-4-7(3-8(5-9)13(15,16)17)12(20)21-6-10-1-2-11(19)18-10/h3-5,10H,1-2,6H2,(H,18,19)/t10-/m0/s1. The molecule has 0 aromatic heterocycles. The summed E-state index contributed by atoms with van der Waals surface area (Å²) < 4.78 is 42.8. The van der Waals surface area contributed by atoms with E-state index in [0.717, 1.165) is 12.1 Å². The zero-order valence-corrected chi connectivity index (χ0v) is 11.4.